The summed E-state index contributed by atoms with van der Waals surface area (Å²) in [5, 5.41) is 9.63. The highest BCUT2D eigenvalue weighted by molar-refractivity contribution is 5.58. The molecule has 0 radical (unpaired) electrons. The van der Waals surface area contributed by atoms with E-state index in [2.05, 4.69) is 25.8 Å². The molecule has 3 aromatic rings. The molecule has 2 N–H and O–H groups in total. The number of aryl methyl sites for hydroxylation is 2. The van der Waals surface area contributed by atoms with Gasteiger partial charge in [0.1, 0.15) is 11.6 Å². The van der Waals surface area contributed by atoms with Gasteiger partial charge in [0.2, 0.25) is 5.95 Å². The molecule has 0 atom stereocenters. The minimum atomic E-state index is -0.945. The number of hydrogen-bond donors (Lipinski definition) is 2. The summed E-state index contributed by atoms with van der Waals surface area (Å²) in [7, 11) is 0. The molecule has 0 aliphatic carbocycles. The Morgan fingerprint density at radius 1 is 0.913 bits per heavy atom. The molecule has 23 heavy (non-hydrogen) atoms. The first-order chi connectivity index (χ1) is 11.0. The largest absolute Gasteiger partial charge is 0.360 e. The Bertz CT molecular complexity index is 850. The van der Waals surface area contributed by atoms with Gasteiger partial charge >= 0.3 is 0 Å². The van der Waals surface area contributed by atoms with Crippen molar-refractivity contribution < 1.29 is 13.3 Å². The molecule has 3 rings (SSSR count). The van der Waals surface area contributed by atoms with Crippen LogP contribution in [0.1, 0.15) is 11.5 Å². The van der Waals surface area contributed by atoms with Crippen LogP contribution < -0.4 is 10.6 Å². The Hall–Kier alpha value is -3.03. The molecule has 2 aromatic heterocycles. The molecule has 6 nitrogen and oxygen atoms in total. The van der Waals surface area contributed by atoms with Gasteiger partial charge in [0, 0.05) is 29.6 Å². The lowest BCUT2D eigenvalue weighted by Gasteiger charge is -2.08. The van der Waals surface area contributed by atoms with Gasteiger partial charge in [-0.1, -0.05) is 5.16 Å². The number of nitrogens with zero attached hydrogens (tertiary/aromatic N) is 3. The maximum Gasteiger partial charge on any atom is 0.229 e. The van der Waals surface area contributed by atoms with Gasteiger partial charge in [0.15, 0.2) is 17.5 Å². The van der Waals surface area contributed by atoms with E-state index in [0.29, 0.717) is 28.8 Å². The van der Waals surface area contributed by atoms with Crippen molar-refractivity contribution >= 4 is 23.3 Å². The number of anilines is 4. The van der Waals surface area contributed by atoms with Crippen LogP contribution in [0.15, 0.2) is 34.9 Å². The van der Waals surface area contributed by atoms with Crippen LogP contribution in [0.2, 0.25) is 0 Å². The fourth-order valence-electron chi connectivity index (χ4n) is 1.95. The highest BCUT2D eigenvalue weighted by Gasteiger charge is 2.07. The molecule has 8 heteroatoms. The molecule has 0 bridgehead atoms. The van der Waals surface area contributed by atoms with Crippen LogP contribution in [0.3, 0.4) is 0 Å². The van der Waals surface area contributed by atoms with Gasteiger partial charge in [-0.05, 0) is 26.0 Å². The Balaban J connectivity index is 1.83. The number of rotatable bonds is 4. The van der Waals surface area contributed by atoms with E-state index >= 15 is 0 Å². The maximum absolute atomic E-state index is 13.2. The van der Waals surface area contributed by atoms with E-state index < -0.39 is 11.6 Å². The van der Waals surface area contributed by atoms with Crippen LogP contribution in [0.25, 0.3) is 0 Å². The summed E-state index contributed by atoms with van der Waals surface area (Å²) in [5.74, 6) is 0.0657. The summed E-state index contributed by atoms with van der Waals surface area (Å²) in [5.41, 5.74) is 1.03. The van der Waals surface area contributed by atoms with E-state index in [0.717, 1.165) is 12.1 Å². The molecular weight excluding hydrogens is 304 g/mol. The van der Waals surface area contributed by atoms with Crippen molar-refractivity contribution in [2.24, 2.45) is 0 Å². The Morgan fingerprint density at radius 2 is 1.74 bits per heavy atom. The standard InChI is InChI=1S/C15H13F2N5O/c1-8-5-13(20-14-6-9(2)23-22-14)21-15(18-8)19-10-3-4-11(16)12(17)7-10/h3-7H,1-2H3,(H2,18,19,20,21,22). The van der Waals surface area contributed by atoms with Gasteiger partial charge in [-0.2, -0.15) is 4.98 Å². The maximum atomic E-state index is 13.2. The number of benzene rings is 1. The van der Waals surface area contributed by atoms with Crippen molar-refractivity contribution in [1.82, 2.24) is 15.1 Å². The average molecular weight is 317 g/mol. The lowest BCUT2D eigenvalue weighted by Crippen LogP contribution is -2.03. The molecule has 118 valence electrons. The molecule has 0 fully saturated rings. The average Bonchev–Trinajstić information content (AvgIpc) is 2.87. The lowest BCUT2D eigenvalue weighted by molar-refractivity contribution is 0.400. The Labute approximate surface area is 130 Å². The van der Waals surface area contributed by atoms with Crippen molar-refractivity contribution in [3.8, 4) is 0 Å². The van der Waals surface area contributed by atoms with Gasteiger partial charge in [0.05, 0.1) is 0 Å². The highest BCUT2D eigenvalue weighted by atomic mass is 19.2. The Morgan fingerprint density at radius 3 is 2.43 bits per heavy atom. The molecule has 0 saturated carbocycles. The number of nitrogens with one attached hydrogen (secondary N) is 2. The molecule has 2 heterocycles. The molecular formula is C15H13F2N5O. The third-order valence-electron chi connectivity index (χ3n) is 2.91. The fourth-order valence-corrected chi connectivity index (χ4v) is 1.95. The second-order valence-electron chi connectivity index (χ2n) is 4.92. The van der Waals surface area contributed by atoms with Crippen molar-refractivity contribution in [3.05, 3.63) is 53.4 Å². The van der Waals surface area contributed by atoms with E-state index in [1.165, 1.54) is 6.07 Å². The van der Waals surface area contributed by atoms with E-state index in [1.54, 1.807) is 26.0 Å². The van der Waals surface area contributed by atoms with Gasteiger partial charge in [0.25, 0.3) is 0 Å². The minimum absolute atomic E-state index is 0.249. The SMILES string of the molecule is Cc1cc(Nc2cc(C)on2)nc(Nc2ccc(F)c(F)c2)n1. The van der Waals surface area contributed by atoms with Gasteiger partial charge in [-0.3, -0.25) is 0 Å². The predicted molar refractivity (Wildman–Crippen MR) is 80.9 cm³/mol. The zero-order chi connectivity index (χ0) is 16.4. The van der Waals surface area contributed by atoms with Crippen LogP contribution in [-0.4, -0.2) is 15.1 Å². The summed E-state index contributed by atoms with van der Waals surface area (Å²) in [4.78, 5) is 8.46. The van der Waals surface area contributed by atoms with Gasteiger partial charge in [-0.25, -0.2) is 13.8 Å². The van der Waals surface area contributed by atoms with E-state index in [9.17, 15) is 8.78 Å². The van der Waals surface area contributed by atoms with Crippen molar-refractivity contribution in [2.75, 3.05) is 10.6 Å². The zero-order valence-corrected chi connectivity index (χ0v) is 12.4. The van der Waals surface area contributed by atoms with Gasteiger partial charge in [-0.15, -0.1) is 0 Å². The van der Waals surface area contributed by atoms with E-state index in [4.69, 9.17) is 4.52 Å². The monoisotopic (exact) mass is 317 g/mol. The summed E-state index contributed by atoms with van der Waals surface area (Å²) in [6.45, 7) is 3.57. The zero-order valence-electron chi connectivity index (χ0n) is 12.4. The molecule has 0 spiro atoms. The smallest absolute Gasteiger partial charge is 0.229 e. The molecule has 0 amide bonds. The topological polar surface area (TPSA) is 75.9 Å². The third kappa shape index (κ3) is 3.60. The fraction of sp³-hybridized carbons (Fsp3) is 0.133. The van der Waals surface area contributed by atoms with Crippen LogP contribution in [-0.2, 0) is 0 Å². The second kappa shape index (κ2) is 5.99. The van der Waals surface area contributed by atoms with Crippen LogP contribution >= 0.6 is 0 Å². The number of aromatic nitrogens is 3. The van der Waals surface area contributed by atoms with Crippen LogP contribution in [0.5, 0.6) is 0 Å². The van der Waals surface area contributed by atoms with Crippen molar-refractivity contribution in [1.29, 1.82) is 0 Å². The predicted octanol–water partition coefficient (Wildman–Crippen LogP) is 3.85. The quantitative estimate of drug-likeness (QED) is 0.761. The minimum Gasteiger partial charge on any atom is -0.360 e. The first kappa shape index (κ1) is 14.9. The number of halogens is 2. The van der Waals surface area contributed by atoms with Crippen molar-refractivity contribution in [3.63, 3.8) is 0 Å². The summed E-state index contributed by atoms with van der Waals surface area (Å²) >= 11 is 0. The Kier molecular flexibility index (Phi) is 3.88. The van der Waals surface area contributed by atoms with Gasteiger partial charge < -0.3 is 15.2 Å². The van der Waals surface area contributed by atoms with Crippen LogP contribution in [0, 0.1) is 25.5 Å². The molecule has 0 unspecified atom stereocenters. The molecule has 1 aromatic carbocycles. The highest BCUT2D eigenvalue weighted by Crippen LogP contribution is 2.20. The normalized spacial score (nSPS) is 10.6. The first-order valence-electron chi connectivity index (χ1n) is 6.78. The summed E-state index contributed by atoms with van der Waals surface area (Å²) in [6, 6.07) is 6.92. The van der Waals surface area contributed by atoms with Crippen LogP contribution in [0.4, 0.5) is 32.1 Å². The van der Waals surface area contributed by atoms with E-state index in [-0.39, 0.29) is 5.95 Å². The first-order valence-corrected chi connectivity index (χ1v) is 6.78. The van der Waals surface area contributed by atoms with E-state index in [1.807, 2.05) is 0 Å². The summed E-state index contributed by atoms with van der Waals surface area (Å²) < 4.78 is 31.2. The summed E-state index contributed by atoms with van der Waals surface area (Å²) in [6.07, 6.45) is 0. The lowest BCUT2D eigenvalue weighted by atomic mass is 10.3. The third-order valence-corrected chi connectivity index (χ3v) is 2.91. The van der Waals surface area contributed by atoms with Crippen molar-refractivity contribution in [2.45, 2.75) is 13.8 Å². The molecule has 0 aliphatic rings. The second-order valence-corrected chi connectivity index (χ2v) is 4.92. The molecule has 0 aliphatic heterocycles. The molecule has 0 saturated heterocycles. The number of hydrogen-bond acceptors (Lipinski definition) is 6.